The van der Waals surface area contributed by atoms with Crippen LogP contribution in [-0.4, -0.2) is 48.9 Å². The Kier molecular flexibility index (Phi) is 4.07. The second-order valence-corrected chi connectivity index (χ2v) is 5.89. The molecule has 1 aromatic carbocycles. The van der Waals surface area contributed by atoms with Crippen molar-refractivity contribution in [3.05, 3.63) is 33.8 Å². The third-order valence-corrected chi connectivity index (χ3v) is 4.66. The van der Waals surface area contributed by atoms with Crippen molar-refractivity contribution >= 4 is 21.8 Å². The molecule has 1 aliphatic heterocycles. The van der Waals surface area contributed by atoms with Crippen LogP contribution in [-0.2, 0) is 0 Å². The van der Waals surface area contributed by atoms with E-state index in [0.29, 0.717) is 6.04 Å². The number of rotatable bonds is 2. The molecule has 0 saturated carbocycles. The molecule has 98 valence electrons. The number of hydrogen-bond acceptors (Lipinski definition) is 2. The molecule has 1 unspecified atom stereocenters. The first kappa shape index (κ1) is 13.6. The number of amides is 1. The van der Waals surface area contributed by atoms with Crippen LogP contribution < -0.4 is 0 Å². The van der Waals surface area contributed by atoms with E-state index in [1.165, 1.54) is 0 Å². The highest BCUT2D eigenvalue weighted by atomic mass is 79.9. The van der Waals surface area contributed by atoms with E-state index in [4.69, 9.17) is 0 Å². The molecule has 1 aliphatic rings. The summed E-state index contributed by atoms with van der Waals surface area (Å²) in [7, 11) is 4.14. The van der Waals surface area contributed by atoms with Crippen LogP contribution in [0.5, 0.6) is 0 Å². The van der Waals surface area contributed by atoms with Crippen LogP contribution in [0.2, 0.25) is 0 Å². The van der Waals surface area contributed by atoms with E-state index in [0.717, 1.165) is 35.1 Å². The van der Waals surface area contributed by atoms with Gasteiger partial charge in [-0.05, 0) is 55.0 Å². The number of carbonyl (C=O) groups excluding carboxylic acids is 1. The molecule has 1 aromatic rings. The molecule has 1 atom stereocenters. The van der Waals surface area contributed by atoms with Crippen LogP contribution in [0.4, 0.5) is 0 Å². The van der Waals surface area contributed by atoms with Crippen LogP contribution in [0.3, 0.4) is 0 Å². The van der Waals surface area contributed by atoms with Crippen molar-refractivity contribution in [2.24, 2.45) is 0 Å². The molecule has 0 bridgehead atoms. The Balaban J connectivity index is 2.16. The van der Waals surface area contributed by atoms with E-state index < -0.39 is 0 Å². The standard InChI is InChI=1S/C14H19BrN2O/c1-10-5-4-6-12(13(10)15)14(18)17-8-7-11(9-17)16(2)3/h4-6,11H,7-9H2,1-3H3. The molecule has 0 radical (unpaired) electrons. The van der Waals surface area contributed by atoms with Crippen molar-refractivity contribution in [1.29, 1.82) is 0 Å². The summed E-state index contributed by atoms with van der Waals surface area (Å²) in [6, 6.07) is 6.32. The van der Waals surface area contributed by atoms with Crippen molar-refractivity contribution in [2.75, 3.05) is 27.2 Å². The topological polar surface area (TPSA) is 23.6 Å². The fourth-order valence-corrected chi connectivity index (χ4v) is 2.76. The first-order valence-electron chi connectivity index (χ1n) is 6.21. The van der Waals surface area contributed by atoms with E-state index in [2.05, 4.69) is 34.9 Å². The number of aryl methyl sites for hydroxylation is 1. The van der Waals surface area contributed by atoms with Gasteiger partial charge in [-0.3, -0.25) is 4.79 Å². The van der Waals surface area contributed by atoms with Gasteiger partial charge in [0, 0.05) is 23.6 Å². The van der Waals surface area contributed by atoms with Crippen LogP contribution >= 0.6 is 15.9 Å². The lowest BCUT2D eigenvalue weighted by atomic mass is 10.1. The summed E-state index contributed by atoms with van der Waals surface area (Å²) in [5.41, 5.74) is 1.87. The lowest BCUT2D eigenvalue weighted by molar-refractivity contribution is 0.0782. The number of halogens is 1. The van der Waals surface area contributed by atoms with Gasteiger partial charge < -0.3 is 9.80 Å². The summed E-state index contributed by atoms with van der Waals surface area (Å²) < 4.78 is 0.920. The highest BCUT2D eigenvalue weighted by Crippen LogP contribution is 2.24. The fourth-order valence-electron chi connectivity index (χ4n) is 2.33. The number of likely N-dealkylation sites (N-methyl/N-ethyl adjacent to an activating group) is 1. The first-order valence-corrected chi connectivity index (χ1v) is 7.01. The number of hydrogen-bond donors (Lipinski definition) is 0. The minimum absolute atomic E-state index is 0.134. The van der Waals surface area contributed by atoms with E-state index in [1.807, 2.05) is 30.0 Å². The van der Waals surface area contributed by atoms with Gasteiger partial charge in [0.05, 0.1) is 5.56 Å². The molecule has 1 saturated heterocycles. The fraction of sp³-hybridized carbons (Fsp3) is 0.500. The Morgan fingerprint density at radius 1 is 1.44 bits per heavy atom. The summed E-state index contributed by atoms with van der Waals surface area (Å²) in [4.78, 5) is 16.6. The average Bonchev–Trinajstić information content (AvgIpc) is 2.81. The normalized spacial score (nSPS) is 19.6. The van der Waals surface area contributed by atoms with Gasteiger partial charge in [-0.15, -0.1) is 0 Å². The number of nitrogens with zero attached hydrogens (tertiary/aromatic N) is 2. The Bertz CT molecular complexity index is 459. The van der Waals surface area contributed by atoms with Crippen LogP contribution in [0.15, 0.2) is 22.7 Å². The summed E-state index contributed by atoms with van der Waals surface area (Å²) in [6.45, 7) is 3.68. The molecule has 0 N–H and O–H groups in total. The van der Waals surface area contributed by atoms with Crippen molar-refractivity contribution < 1.29 is 4.79 Å². The monoisotopic (exact) mass is 310 g/mol. The van der Waals surface area contributed by atoms with Crippen molar-refractivity contribution in [1.82, 2.24) is 9.80 Å². The third-order valence-electron chi connectivity index (χ3n) is 3.60. The Labute approximate surface area is 117 Å². The highest BCUT2D eigenvalue weighted by molar-refractivity contribution is 9.10. The molecular weight excluding hydrogens is 292 g/mol. The van der Waals surface area contributed by atoms with E-state index >= 15 is 0 Å². The van der Waals surface area contributed by atoms with E-state index in [9.17, 15) is 4.79 Å². The van der Waals surface area contributed by atoms with Gasteiger partial charge in [-0.2, -0.15) is 0 Å². The minimum Gasteiger partial charge on any atom is -0.337 e. The highest BCUT2D eigenvalue weighted by Gasteiger charge is 2.28. The molecule has 4 heteroatoms. The minimum atomic E-state index is 0.134. The van der Waals surface area contributed by atoms with E-state index in [-0.39, 0.29) is 5.91 Å². The molecule has 1 fully saturated rings. The van der Waals surface area contributed by atoms with Gasteiger partial charge >= 0.3 is 0 Å². The largest absolute Gasteiger partial charge is 0.337 e. The van der Waals surface area contributed by atoms with Gasteiger partial charge in [-0.1, -0.05) is 12.1 Å². The quantitative estimate of drug-likeness (QED) is 0.838. The maximum atomic E-state index is 12.5. The Morgan fingerprint density at radius 2 is 2.17 bits per heavy atom. The zero-order valence-electron chi connectivity index (χ0n) is 11.1. The van der Waals surface area contributed by atoms with Gasteiger partial charge in [0.2, 0.25) is 0 Å². The second-order valence-electron chi connectivity index (χ2n) is 5.09. The van der Waals surface area contributed by atoms with E-state index in [1.54, 1.807) is 0 Å². The lowest BCUT2D eigenvalue weighted by Gasteiger charge is -2.21. The average molecular weight is 311 g/mol. The number of likely N-dealkylation sites (tertiary alicyclic amines) is 1. The molecule has 1 amide bonds. The zero-order valence-corrected chi connectivity index (χ0v) is 12.7. The van der Waals surface area contributed by atoms with Crippen molar-refractivity contribution in [3.63, 3.8) is 0 Å². The molecular formula is C14H19BrN2O. The number of benzene rings is 1. The smallest absolute Gasteiger partial charge is 0.255 e. The first-order chi connectivity index (χ1) is 8.50. The summed E-state index contributed by atoms with van der Waals surface area (Å²) in [6.07, 6.45) is 1.06. The SMILES string of the molecule is Cc1cccc(C(=O)N2CCC(N(C)C)C2)c1Br. The van der Waals surface area contributed by atoms with Crippen molar-refractivity contribution in [2.45, 2.75) is 19.4 Å². The summed E-state index contributed by atoms with van der Waals surface area (Å²) in [5, 5.41) is 0. The predicted molar refractivity (Wildman–Crippen MR) is 76.9 cm³/mol. The lowest BCUT2D eigenvalue weighted by Crippen LogP contribution is -2.34. The molecule has 18 heavy (non-hydrogen) atoms. The van der Waals surface area contributed by atoms with Crippen LogP contribution in [0.25, 0.3) is 0 Å². The molecule has 0 aliphatic carbocycles. The maximum Gasteiger partial charge on any atom is 0.255 e. The molecule has 0 spiro atoms. The molecule has 2 rings (SSSR count). The Morgan fingerprint density at radius 3 is 2.78 bits per heavy atom. The zero-order chi connectivity index (χ0) is 13.3. The number of carbonyl (C=O) groups is 1. The second kappa shape index (κ2) is 5.41. The predicted octanol–water partition coefficient (Wildman–Crippen LogP) is 2.53. The van der Waals surface area contributed by atoms with Gasteiger partial charge in [-0.25, -0.2) is 0 Å². The summed E-state index contributed by atoms with van der Waals surface area (Å²) in [5.74, 6) is 0.134. The Hall–Kier alpha value is -0.870. The third kappa shape index (κ3) is 2.59. The van der Waals surface area contributed by atoms with Gasteiger partial charge in [0.1, 0.15) is 0 Å². The molecule has 1 heterocycles. The molecule has 3 nitrogen and oxygen atoms in total. The van der Waals surface area contributed by atoms with Crippen molar-refractivity contribution in [3.8, 4) is 0 Å². The summed E-state index contributed by atoms with van der Waals surface area (Å²) >= 11 is 3.51. The van der Waals surface area contributed by atoms with Gasteiger partial charge in [0.15, 0.2) is 0 Å². The van der Waals surface area contributed by atoms with Crippen LogP contribution in [0, 0.1) is 6.92 Å². The maximum absolute atomic E-state index is 12.5. The van der Waals surface area contributed by atoms with Crippen LogP contribution in [0.1, 0.15) is 22.3 Å². The van der Waals surface area contributed by atoms with Gasteiger partial charge in [0.25, 0.3) is 5.91 Å². The molecule has 0 aromatic heterocycles.